The predicted molar refractivity (Wildman–Crippen MR) is 280 cm³/mol. The van der Waals surface area contributed by atoms with E-state index in [0.29, 0.717) is 0 Å². The number of hydrogen-bond acceptors (Lipinski definition) is 2. The van der Waals surface area contributed by atoms with Crippen LogP contribution in [0.3, 0.4) is 0 Å². The lowest BCUT2D eigenvalue weighted by atomic mass is 10.0. The minimum Gasteiger partial charge on any atom is -0.311 e. The van der Waals surface area contributed by atoms with E-state index in [1.54, 1.807) is 0 Å². The molecule has 0 N–H and O–H groups in total. The summed E-state index contributed by atoms with van der Waals surface area (Å²) >= 11 is 0. The van der Waals surface area contributed by atoms with Crippen LogP contribution < -0.4 is 9.80 Å². The summed E-state index contributed by atoms with van der Waals surface area (Å²) < 4.78 is 0. The summed E-state index contributed by atoms with van der Waals surface area (Å²) in [7, 11) is 0. The summed E-state index contributed by atoms with van der Waals surface area (Å²) in [6.45, 7) is 4.31. The van der Waals surface area contributed by atoms with Crippen molar-refractivity contribution in [1.82, 2.24) is 0 Å². The third kappa shape index (κ3) is 10.0. The summed E-state index contributed by atoms with van der Waals surface area (Å²) in [4.78, 5) is 4.67. The topological polar surface area (TPSA) is 6.48 Å². The van der Waals surface area contributed by atoms with E-state index in [4.69, 9.17) is 0 Å². The summed E-state index contributed by atoms with van der Waals surface area (Å²) in [5.74, 6) is 0. The molecule has 0 atom stereocenters. The van der Waals surface area contributed by atoms with Crippen LogP contribution in [0.2, 0.25) is 0 Å². The molecular formula is C63H52N2. The SMILES string of the molecule is CC\C=C/C=C\C=C(/C)c1ccc(N(c2ccc(-c3ccccc3)cc2)c2ccc(-c3ccc(N(c4ccc(-c5ccccc5)cc4)c4ccc(-c5ccccc5)cc4)cc3)cc2)cc1. The zero-order chi connectivity index (χ0) is 44.2. The molecule has 0 aromatic heterocycles. The molecule has 314 valence electrons. The molecule has 0 saturated carbocycles. The van der Waals surface area contributed by atoms with E-state index in [2.05, 4.69) is 291 Å². The second kappa shape index (κ2) is 20.3. The molecule has 0 aliphatic carbocycles. The summed E-state index contributed by atoms with van der Waals surface area (Å²) in [6, 6.07) is 85.0. The molecule has 65 heavy (non-hydrogen) atoms. The van der Waals surface area contributed by atoms with E-state index in [9.17, 15) is 0 Å². The Labute approximate surface area is 385 Å². The first kappa shape index (κ1) is 42.1. The van der Waals surface area contributed by atoms with Crippen LogP contribution in [0.4, 0.5) is 34.1 Å². The number of anilines is 6. The Morgan fingerprint density at radius 3 is 0.846 bits per heavy atom. The zero-order valence-corrected chi connectivity index (χ0v) is 37.0. The lowest BCUT2D eigenvalue weighted by molar-refractivity contribution is 1.22. The summed E-state index contributed by atoms with van der Waals surface area (Å²) in [6.07, 6.45) is 11.7. The number of rotatable bonds is 14. The van der Waals surface area contributed by atoms with Gasteiger partial charge in [0.25, 0.3) is 0 Å². The molecule has 9 rings (SSSR count). The first-order chi connectivity index (χ1) is 32.1. The van der Waals surface area contributed by atoms with E-state index in [-0.39, 0.29) is 0 Å². The van der Waals surface area contributed by atoms with Gasteiger partial charge in [-0.25, -0.2) is 0 Å². The Morgan fingerprint density at radius 1 is 0.308 bits per heavy atom. The molecular weight excluding hydrogens is 785 g/mol. The Morgan fingerprint density at radius 2 is 0.569 bits per heavy atom. The summed E-state index contributed by atoms with van der Waals surface area (Å²) in [5, 5.41) is 0. The molecule has 2 nitrogen and oxygen atoms in total. The van der Waals surface area contributed by atoms with E-state index < -0.39 is 0 Å². The highest BCUT2D eigenvalue weighted by Crippen LogP contribution is 2.40. The molecule has 0 amide bonds. The number of benzene rings is 9. The first-order valence-electron chi connectivity index (χ1n) is 22.5. The maximum Gasteiger partial charge on any atom is 0.0462 e. The van der Waals surface area contributed by atoms with Crippen LogP contribution in [-0.2, 0) is 0 Å². The van der Waals surface area contributed by atoms with Gasteiger partial charge in [0.1, 0.15) is 0 Å². The van der Waals surface area contributed by atoms with Crippen LogP contribution in [0.5, 0.6) is 0 Å². The van der Waals surface area contributed by atoms with Crippen molar-refractivity contribution < 1.29 is 0 Å². The van der Waals surface area contributed by atoms with Crippen LogP contribution >= 0.6 is 0 Å². The van der Waals surface area contributed by atoms with Crippen molar-refractivity contribution in [3.63, 3.8) is 0 Å². The molecule has 0 radical (unpaired) electrons. The first-order valence-corrected chi connectivity index (χ1v) is 22.5. The van der Waals surface area contributed by atoms with Crippen molar-refractivity contribution >= 4 is 39.7 Å². The summed E-state index contributed by atoms with van der Waals surface area (Å²) in [5.41, 5.74) is 18.5. The quantitative estimate of drug-likeness (QED) is 0.101. The third-order valence-corrected chi connectivity index (χ3v) is 11.8. The smallest absolute Gasteiger partial charge is 0.0462 e. The minimum atomic E-state index is 1.03. The molecule has 0 heterocycles. The molecule has 0 unspecified atom stereocenters. The van der Waals surface area contributed by atoms with Crippen molar-refractivity contribution in [3.05, 3.63) is 273 Å². The molecule has 0 fully saturated rings. The van der Waals surface area contributed by atoms with Gasteiger partial charge in [-0.15, -0.1) is 0 Å². The van der Waals surface area contributed by atoms with Crippen LogP contribution in [0.1, 0.15) is 25.8 Å². The van der Waals surface area contributed by atoms with Crippen LogP contribution in [0.15, 0.2) is 267 Å². The molecule has 0 aliphatic rings. The fraction of sp³-hybridized carbons (Fsp3) is 0.0476. The average molecular weight is 837 g/mol. The van der Waals surface area contributed by atoms with Crippen molar-refractivity contribution in [2.45, 2.75) is 20.3 Å². The van der Waals surface area contributed by atoms with Crippen LogP contribution in [0.25, 0.3) is 50.1 Å². The lowest BCUT2D eigenvalue weighted by Crippen LogP contribution is -2.10. The van der Waals surface area contributed by atoms with E-state index in [0.717, 1.165) is 51.7 Å². The van der Waals surface area contributed by atoms with Gasteiger partial charge in [0.05, 0.1) is 0 Å². The van der Waals surface area contributed by atoms with Crippen molar-refractivity contribution in [3.8, 4) is 44.5 Å². The second-order valence-electron chi connectivity index (χ2n) is 16.1. The highest BCUT2D eigenvalue weighted by molar-refractivity contribution is 5.83. The standard InChI is InChI=1S/C63H52N2/c1-3-4-5-6-10-17-48(2)49-24-36-58(37-25-49)64(59-38-26-53(27-39-59)50-18-11-7-12-19-50)62-44-32-56(33-45-62)57-34-46-63(47-35-57)65(60-40-28-54(29-41-60)51-20-13-8-14-21-51)61-42-30-55(31-43-61)52-22-15-9-16-23-52/h4-47H,3H2,1-2H3/b5-4-,10-6-,48-17+. The van der Waals surface area contributed by atoms with E-state index in [1.165, 1.54) is 44.5 Å². The monoisotopic (exact) mass is 836 g/mol. The number of hydrogen-bond donors (Lipinski definition) is 0. The third-order valence-electron chi connectivity index (χ3n) is 11.8. The lowest BCUT2D eigenvalue weighted by Gasteiger charge is -2.27. The van der Waals surface area contributed by atoms with Crippen LogP contribution in [-0.4, -0.2) is 0 Å². The Balaban J connectivity index is 1.01. The normalized spacial score (nSPS) is 11.6. The van der Waals surface area contributed by atoms with Crippen molar-refractivity contribution in [1.29, 1.82) is 0 Å². The van der Waals surface area contributed by atoms with Crippen molar-refractivity contribution in [2.24, 2.45) is 0 Å². The Bertz CT molecular complexity index is 2900. The fourth-order valence-electron chi connectivity index (χ4n) is 8.25. The van der Waals surface area contributed by atoms with Gasteiger partial charge in [-0.1, -0.05) is 201 Å². The second-order valence-corrected chi connectivity index (χ2v) is 16.1. The minimum absolute atomic E-state index is 1.03. The van der Waals surface area contributed by atoms with Gasteiger partial charge in [-0.3, -0.25) is 0 Å². The van der Waals surface area contributed by atoms with Gasteiger partial charge in [0, 0.05) is 34.1 Å². The van der Waals surface area contributed by atoms with Gasteiger partial charge >= 0.3 is 0 Å². The largest absolute Gasteiger partial charge is 0.311 e. The molecule has 9 aromatic carbocycles. The van der Waals surface area contributed by atoms with E-state index >= 15 is 0 Å². The molecule has 0 bridgehead atoms. The van der Waals surface area contributed by atoms with E-state index in [1.807, 2.05) is 0 Å². The number of nitrogens with zero attached hydrogens (tertiary/aromatic N) is 2. The average Bonchev–Trinajstić information content (AvgIpc) is 3.38. The molecule has 2 heteroatoms. The highest BCUT2D eigenvalue weighted by atomic mass is 15.1. The van der Waals surface area contributed by atoms with Gasteiger partial charge in [-0.05, 0) is 142 Å². The highest BCUT2D eigenvalue weighted by Gasteiger charge is 2.16. The molecule has 9 aromatic rings. The number of allylic oxidation sites excluding steroid dienone is 6. The van der Waals surface area contributed by atoms with Gasteiger partial charge in [0.15, 0.2) is 0 Å². The molecule has 0 spiro atoms. The zero-order valence-electron chi connectivity index (χ0n) is 37.0. The maximum atomic E-state index is 2.34. The Hall–Kier alpha value is -8.20. The predicted octanol–water partition coefficient (Wildman–Crippen LogP) is 18.2. The maximum absolute atomic E-state index is 2.34. The molecule has 0 saturated heterocycles. The molecule has 0 aliphatic heterocycles. The van der Waals surface area contributed by atoms with Gasteiger partial charge < -0.3 is 9.80 Å². The van der Waals surface area contributed by atoms with Crippen molar-refractivity contribution in [2.75, 3.05) is 9.80 Å². The Kier molecular flexibility index (Phi) is 13.2. The fourth-order valence-corrected chi connectivity index (χ4v) is 8.25. The van der Waals surface area contributed by atoms with Gasteiger partial charge in [0.2, 0.25) is 0 Å². The van der Waals surface area contributed by atoms with Gasteiger partial charge in [-0.2, -0.15) is 0 Å². The van der Waals surface area contributed by atoms with Crippen LogP contribution in [0, 0.1) is 0 Å².